The van der Waals surface area contributed by atoms with Gasteiger partial charge in [-0.1, -0.05) is 41.9 Å². The Balaban J connectivity index is 1.39. The fourth-order valence-corrected chi connectivity index (χ4v) is 5.22. The molecule has 3 aromatic rings. The summed E-state index contributed by atoms with van der Waals surface area (Å²) in [6.45, 7) is 0.0223. The van der Waals surface area contributed by atoms with Crippen molar-refractivity contribution in [3.8, 4) is 0 Å². The van der Waals surface area contributed by atoms with Gasteiger partial charge in [0.2, 0.25) is 5.91 Å². The zero-order valence-electron chi connectivity index (χ0n) is 20.9. The van der Waals surface area contributed by atoms with Crippen LogP contribution in [0.3, 0.4) is 0 Å². The number of rotatable bonds is 6. The summed E-state index contributed by atoms with van der Waals surface area (Å²) < 4.78 is 20.8. The van der Waals surface area contributed by atoms with Gasteiger partial charge in [-0.15, -0.1) is 0 Å². The predicted molar refractivity (Wildman–Crippen MR) is 144 cm³/mol. The fraction of sp³-hybridized carbons (Fsp3) is 0.214. The highest BCUT2D eigenvalue weighted by atomic mass is 35.5. The highest BCUT2D eigenvalue weighted by molar-refractivity contribution is 6.31. The summed E-state index contributed by atoms with van der Waals surface area (Å²) in [5, 5.41) is 16.2. The maximum Gasteiger partial charge on any atom is 0.412 e. The Bertz CT molecular complexity index is 1490. The molecule has 2 atom stereocenters. The predicted octanol–water partition coefficient (Wildman–Crippen LogP) is 4.60. The summed E-state index contributed by atoms with van der Waals surface area (Å²) in [5.41, 5.74) is 0.171. The number of carbonyl (C=O) groups excluding carboxylic acids is 3. The molecule has 10 nitrogen and oxygen atoms in total. The SMILES string of the molecule is O=C(O)Nc1ccc(C(=O)N[C@@H](Cc2ccccc2)C(=O)N2CC[C@@]3(C2)OC(=O)Nc2ccc(Cl)c(F)c23)cc1. The minimum absolute atomic E-state index is 0.0774. The minimum Gasteiger partial charge on any atom is -0.465 e. The smallest absolute Gasteiger partial charge is 0.412 e. The van der Waals surface area contributed by atoms with Crippen LogP contribution < -0.4 is 16.0 Å². The van der Waals surface area contributed by atoms with Crippen LogP contribution in [0.25, 0.3) is 0 Å². The number of anilines is 2. The first-order valence-corrected chi connectivity index (χ1v) is 12.7. The summed E-state index contributed by atoms with van der Waals surface area (Å²) in [7, 11) is 0. The second-order valence-corrected chi connectivity index (χ2v) is 9.93. The van der Waals surface area contributed by atoms with Crippen LogP contribution in [0.15, 0.2) is 66.7 Å². The quantitative estimate of drug-likeness (QED) is 0.344. The normalized spacial score (nSPS) is 18.4. The van der Waals surface area contributed by atoms with Crippen molar-refractivity contribution in [1.29, 1.82) is 0 Å². The van der Waals surface area contributed by atoms with Gasteiger partial charge in [-0.05, 0) is 42.0 Å². The zero-order chi connectivity index (χ0) is 28.4. The van der Waals surface area contributed by atoms with Gasteiger partial charge in [0.1, 0.15) is 6.04 Å². The van der Waals surface area contributed by atoms with Crippen molar-refractivity contribution in [3.05, 3.63) is 94.3 Å². The number of ether oxygens (including phenoxy) is 1. The van der Waals surface area contributed by atoms with Crippen LogP contribution in [-0.4, -0.2) is 53.1 Å². The number of nitrogens with one attached hydrogen (secondary N) is 3. The van der Waals surface area contributed by atoms with E-state index in [0.29, 0.717) is 0 Å². The highest BCUT2D eigenvalue weighted by Gasteiger charge is 2.51. The first kappa shape index (κ1) is 26.9. The van der Waals surface area contributed by atoms with Gasteiger partial charge in [-0.3, -0.25) is 20.2 Å². The molecule has 2 aliphatic rings. The van der Waals surface area contributed by atoms with Gasteiger partial charge >= 0.3 is 12.2 Å². The molecule has 0 aliphatic carbocycles. The van der Waals surface area contributed by atoms with Gasteiger partial charge in [-0.25, -0.2) is 14.0 Å². The van der Waals surface area contributed by atoms with Gasteiger partial charge in [0.25, 0.3) is 5.91 Å². The van der Waals surface area contributed by atoms with Crippen molar-refractivity contribution in [3.63, 3.8) is 0 Å². The molecular weight excluding hydrogens is 543 g/mol. The number of benzene rings is 3. The lowest BCUT2D eigenvalue weighted by Gasteiger charge is -2.36. The number of hydrogen-bond acceptors (Lipinski definition) is 5. The minimum atomic E-state index is -1.43. The number of fused-ring (bicyclic) bond motifs is 2. The molecule has 0 radical (unpaired) electrons. The van der Waals surface area contributed by atoms with Gasteiger partial charge in [-0.2, -0.15) is 0 Å². The molecule has 40 heavy (non-hydrogen) atoms. The van der Waals surface area contributed by atoms with E-state index in [1.807, 2.05) is 30.3 Å². The van der Waals surface area contributed by atoms with Gasteiger partial charge in [0.05, 0.1) is 22.8 Å². The maximum absolute atomic E-state index is 15.2. The number of carboxylic acid groups (broad SMARTS) is 1. The van der Waals surface area contributed by atoms with Crippen molar-refractivity contribution in [2.24, 2.45) is 0 Å². The monoisotopic (exact) mass is 566 g/mol. The molecule has 1 spiro atoms. The third-order valence-electron chi connectivity index (χ3n) is 6.90. The zero-order valence-corrected chi connectivity index (χ0v) is 21.7. The van der Waals surface area contributed by atoms with Crippen LogP contribution in [-0.2, 0) is 21.6 Å². The number of nitrogens with zero attached hydrogens (tertiary/aromatic N) is 1. The number of hydrogen-bond donors (Lipinski definition) is 4. The molecule has 0 bridgehead atoms. The largest absolute Gasteiger partial charge is 0.465 e. The maximum atomic E-state index is 15.2. The first-order chi connectivity index (χ1) is 19.1. The topological polar surface area (TPSA) is 137 Å². The van der Waals surface area contributed by atoms with Gasteiger partial charge in [0, 0.05) is 30.6 Å². The van der Waals surface area contributed by atoms with Gasteiger partial charge in [0.15, 0.2) is 11.4 Å². The van der Waals surface area contributed by atoms with E-state index in [4.69, 9.17) is 21.4 Å². The van der Waals surface area contributed by atoms with E-state index in [0.717, 1.165) is 5.56 Å². The van der Waals surface area contributed by atoms with Crippen molar-refractivity contribution in [2.75, 3.05) is 23.7 Å². The summed E-state index contributed by atoms with van der Waals surface area (Å²) in [6.07, 6.45) is -1.69. The van der Waals surface area contributed by atoms with Crippen LogP contribution in [0.5, 0.6) is 0 Å². The molecule has 0 unspecified atom stereocenters. The Kier molecular flexibility index (Phi) is 7.31. The Morgan fingerprint density at radius 1 is 1.10 bits per heavy atom. The fourth-order valence-electron chi connectivity index (χ4n) is 5.06. The van der Waals surface area contributed by atoms with Crippen molar-refractivity contribution < 1.29 is 33.4 Å². The summed E-state index contributed by atoms with van der Waals surface area (Å²) >= 11 is 6.03. The van der Waals surface area contributed by atoms with E-state index in [9.17, 15) is 19.2 Å². The van der Waals surface area contributed by atoms with Crippen LogP contribution in [0.1, 0.15) is 27.9 Å². The van der Waals surface area contributed by atoms with E-state index >= 15 is 4.39 Å². The van der Waals surface area contributed by atoms with E-state index in [2.05, 4.69) is 16.0 Å². The number of amides is 4. The average Bonchev–Trinajstić information content (AvgIpc) is 3.34. The van der Waals surface area contributed by atoms with Crippen LogP contribution in [0.4, 0.5) is 25.4 Å². The molecule has 1 fully saturated rings. The van der Waals surface area contributed by atoms with Crippen LogP contribution >= 0.6 is 11.6 Å². The molecule has 3 aromatic carbocycles. The molecule has 4 N–H and O–H groups in total. The van der Waals surface area contributed by atoms with E-state index in [1.54, 1.807) is 0 Å². The summed E-state index contributed by atoms with van der Waals surface area (Å²) in [6, 6.07) is 16.7. The molecule has 0 saturated carbocycles. The first-order valence-electron chi connectivity index (χ1n) is 12.4. The standard InChI is InChI=1S/C28H24ClFN4O6/c29-19-10-11-20-22(23(19)30)28(40-27(39)33-20)12-13-34(15-28)25(36)21(14-16-4-2-1-3-5-16)32-24(35)17-6-8-18(9-7-17)31-26(37)38/h1-11,21,31H,12-15H2,(H,32,35)(H,33,39)(H,37,38)/t21-,28-/m0/s1. The van der Waals surface area contributed by atoms with Crippen molar-refractivity contribution in [1.82, 2.24) is 10.2 Å². The summed E-state index contributed by atoms with van der Waals surface area (Å²) in [5.74, 6) is -1.71. The van der Waals surface area contributed by atoms with Crippen molar-refractivity contribution in [2.45, 2.75) is 24.5 Å². The van der Waals surface area contributed by atoms with E-state index in [-0.39, 0.29) is 53.5 Å². The Morgan fingerprint density at radius 2 is 1.82 bits per heavy atom. The summed E-state index contributed by atoms with van der Waals surface area (Å²) in [4.78, 5) is 51.6. The number of halogens is 2. The third-order valence-corrected chi connectivity index (χ3v) is 7.20. The Hall–Kier alpha value is -4.64. The Morgan fingerprint density at radius 3 is 2.52 bits per heavy atom. The van der Waals surface area contributed by atoms with Gasteiger partial charge < -0.3 is 20.1 Å². The molecular formula is C28H24ClFN4O6. The molecule has 2 aliphatic heterocycles. The molecule has 1 saturated heterocycles. The molecule has 12 heteroatoms. The lowest BCUT2D eigenvalue weighted by Crippen LogP contribution is -2.50. The second kappa shape index (κ2) is 10.9. The van der Waals surface area contributed by atoms with E-state index < -0.39 is 41.5 Å². The molecule has 206 valence electrons. The van der Waals surface area contributed by atoms with Crippen LogP contribution in [0, 0.1) is 5.82 Å². The number of likely N-dealkylation sites (tertiary alicyclic amines) is 1. The molecule has 0 aromatic heterocycles. The second-order valence-electron chi connectivity index (χ2n) is 9.53. The molecule has 5 rings (SSSR count). The lowest BCUT2D eigenvalue weighted by molar-refractivity contribution is -0.133. The molecule has 4 amide bonds. The van der Waals surface area contributed by atoms with E-state index in [1.165, 1.54) is 41.3 Å². The lowest BCUT2D eigenvalue weighted by atomic mass is 9.89. The average molecular weight is 567 g/mol. The Labute approximate surface area is 233 Å². The number of carbonyl (C=O) groups is 4. The van der Waals surface area contributed by atoms with Crippen molar-refractivity contribution >= 4 is 47.0 Å². The third kappa shape index (κ3) is 5.41. The van der Waals surface area contributed by atoms with Crippen LogP contribution in [0.2, 0.25) is 5.02 Å². The highest BCUT2D eigenvalue weighted by Crippen LogP contribution is 2.45. The molecule has 2 heterocycles.